The average molecular weight is 355 g/mol. The number of aromatic nitrogens is 2. The van der Waals surface area contributed by atoms with E-state index in [1.807, 2.05) is 32.0 Å². The molecule has 2 aliphatic rings. The Morgan fingerprint density at radius 1 is 1.31 bits per heavy atom. The van der Waals surface area contributed by atoms with Crippen LogP contribution in [0.3, 0.4) is 0 Å². The third-order valence-electron chi connectivity index (χ3n) is 5.40. The number of carbonyl (C=O) groups excluding carboxylic acids is 2. The normalized spacial score (nSPS) is 26.0. The Morgan fingerprint density at radius 3 is 2.73 bits per heavy atom. The number of primary amides is 1. The van der Waals surface area contributed by atoms with Gasteiger partial charge in [-0.25, -0.2) is 9.48 Å². The molecule has 7 heteroatoms. The number of fused-ring (bicyclic) bond motifs is 1. The number of ether oxygens (including phenoxy) is 2. The highest BCUT2D eigenvalue weighted by Crippen LogP contribution is 2.53. The van der Waals surface area contributed by atoms with Gasteiger partial charge in [0, 0.05) is 24.0 Å². The van der Waals surface area contributed by atoms with Gasteiger partial charge < -0.3 is 15.2 Å². The average Bonchev–Trinajstić information content (AvgIpc) is 3.26. The lowest BCUT2D eigenvalue weighted by Crippen LogP contribution is -2.61. The summed E-state index contributed by atoms with van der Waals surface area (Å²) in [6.07, 6.45) is 0.793. The van der Waals surface area contributed by atoms with E-state index in [1.165, 1.54) is 10.7 Å². The molecule has 2 heterocycles. The molecule has 2 aromatic rings. The minimum absolute atomic E-state index is 0.0702. The molecule has 7 nitrogen and oxygen atoms in total. The van der Waals surface area contributed by atoms with Crippen LogP contribution in [0.1, 0.15) is 41.2 Å². The third-order valence-corrected chi connectivity index (χ3v) is 5.40. The van der Waals surface area contributed by atoms with E-state index >= 15 is 0 Å². The molecular formula is C19H21N3O4. The number of nitrogens with zero attached hydrogens (tertiary/aromatic N) is 2. The van der Waals surface area contributed by atoms with Gasteiger partial charge in [0.1, 0.15) is 11.8 Å². The summed E-state index contributed by atoms with van der Waals surface area (Å²) in [6, 6.07) is 10.4. The van der Waals surface area contributed by atoms with Crippen molar-refractivity contribution >= 4 is 11.9 Å². The highest BCUT2D eigenvalue weighted by molar-refractivity contribution is 5.95. The van der Waals surface area contributed by atoms with Gasteiger partial charge in [0.2, 0.25) is 0 Å². The van der Waals surface area contributed by atoms with Crippen LogP contribution in [0.15, 0.2) is 36.4 Å². The van der Waals surface area contributed by atoms with Crippen LogP contribution in [0.2, 0.25) is 0 Å². The zero-order valence-corrected chi connectivity index (χ0v) is 14.7. The fourth-order valence-corrected chi connectivity index (χ4v) is 4.12. The molecule has 0 radical (unpaired) electrons. The lowest BCUT2D eigenvalue weighted by atomic mass is 9.59. The van der Waals surface area contributed by atoms with Gasteiger partial charge in [-0.2, -0.15) is 5.10 Å². The van der Waals surface area contributed by atoms with E-state index in [-0.39, 0.29) is 34.9 Å². The van der Waals surface area contributed by atoms with Crippen molar-refractivity contribution in [2.24, 2.45) is 17.1 Å². The molecule has 3 atom stereocenters. The van der Waals surface area contributed by atoms with Crippen molar-refractivity contribution in [2.45, 2.75) is 32.5 Å². The van der Waals surface area contributed by atoms with Crippen molar-refractivity contribution in [3.05, 3.63) is 47.8 Å². The van der Waals surface area contributed by atoms with Gasteiger partial charge in [0.05, 0.1) is 11.8 Å². The number of hydrogen-bond donors (Lipinski definition) is 1. The Labute approximate surface area is 151 Å². The minimum Gasteiger partial charge on any atom is -0.457 e. The second kappa shape index (κ2) is 5.95. The van der Waals surface area contributed by atoms with Crippen molar-refractivity contribution in [1.82, 2.24) is 9.78 Å². The highest BCUT2D eigenvalue weighted by atomic mass is 16.6. The van der Waals surface area contributed by atoms with Crippen LogP contribution < -0.4 is 5.73 Å². The third kappa shape index (κ3) is 2.50. The lowest BCUT2D eigenvalue weighted by molar-refractivity contribution is -0.183. The maximum absolute atomic E-state index is 12.7. The first-order valence-corrected chi connectivity index (χ1v) is 8.67. The van der Waals surface area contributed by atoms with Crippen molar-refractivity contribution < 1.29 is 19.1 Å². The molecule has 1 amide bonds. The smallest absolute Gasteiger partial charge is 0.359 e. The van der Waals surface area contributed by atoms with Crippen molar-refractivity contribution in [1.29, 1.82) is 0 Å². The number of esters is 1. The molecule has 1 aromatic heterocycles. The first-order chi connectivity index (χ1) is 12.4. The summed E-state index contributed by atoms with van der Waals surface area (Å²) in [4.78, 5) is 24.4. The van der Waals surface area contributed by atoms with Gasteiger partial charge in [0.25, 0.3) is 5.91 Å². The van der Waals surface area contributed by atoms with E-state index in [0.29, 0.717) is 12.3 Å². The largest absolute Gasteiger partial charge is 0.457 e. The Hall–Kier alpha value is -2.67. The van der Waals surface area contributed by atoms with Gasteiger partial charge in [-0.05, 0) is 18.6 Å². The Morgan fingerprint density at radius 2 is 2.04 bits per heavy atom. The van der Waals surface area contributed by atoms with Crippen molar-refractivity contribution in [3.63, 3.8) is 0 Å². The van der Waals surface area contributed by atoms with Crippen LogP contribution in [0.25, 0.3) is 5.69 Å². The zero-order valence-electron chi connectivity index (χ0n) is 14.7. The second-order valence-electron chi connectivity index (χ2n) is 7.42. The van der Waals surface area contributed by atoms with E-state index in [9.17, 15) is 9.59 Å². The predicted octanol–water partition coefficient (Wildman–Crippen LogP) is 1.94. The Bertz CT molecular complexity index is 859. The fraction of sp³-hybridized carbons (Fsp3) is 0.421. The number of benzene rings is 1. The van der Waals surface area contributed by atoms with Crippen LogP contribution >= 0.6 is 0 Å². The molecule has 1 aromatic carbocycles. The second-order valence-corrected chi connectivity index (χ2v) is 7.42. The van der Waals surface area contributed by atoms with Gasteiger partial charge in [0.15, 0.2) is 5.69 Å². The molecular weight excluding hydrogens is 334 g/mol. The summed E-state index contributed by atoms with van der Waals surface area (Å²) in [5, 5.41) is 4.26. The number of nitrogens with two attached hydrogens (primary N) is 1. The van der Waals surface area contributed by atoms with E-state index in [4.69, 9.17) is 15.2 Å². The fourth-order valence-electron chi connectivity index (χ4n) is 4.12. The lowest BCUT2D eigenvalue weighted by Gasteiger charge is -2.52. The molecule has 1 saturated heterocycles. The molecule has 0 bridgehead atoms. The molecule has 1 saturated carbocycles. The van der Waals surface area contributed by atoms with Crippen LogP contribution in [-0.2, 0) is 9.47 Å². The summed E-state index contributed by atoms with van der Waals surface area (Å²) in [5.74, 6) is -0.986. The summed E-state index contributed by atoms with van der Waals surface area (Å²) >= 11 is 0. The highest BCUT2D eigenvalue weighted by Gasteiger charge is 2.61. The molecule has 2 N–H and O–H groups in total. The SMILES string of the molecule is CC1(C)[C@@H]2OCC[C@@H]2[C@H]1OC(=O)c1cc(C(N)=O)n(-c2ccccc2)n1. The number of rotatable bonds is 4. The standard InChI is InChI=1S/C19H21N3O4/c1-19(2)15-12(8-9-25-15)16(19)26-18(24)13-10-14(17(20)23)22(21-13)11-6-4-3-5-7-11/h3-7,10,12,15-16H,8-9H2,1-2H3,(H2,20,23)/t12-,15+,16+/m0/s1. The molecule has 136 valence electrons. The molecule has 0 unspecified atom stereocenters. The topological polar surface area (TPSA) is 96.4 Å². The van der Waals surface area contributed by atoms with Crippen LogP contribution in [0.4, 0.5) is 0 Å². The first-order valence-electron chi connectivity index (χ1n) is 8.67. The zero-order chi connectivity index (χ0) is 18.5. The maximum Gasteiger partial charge on any atom is 0.359 e. The molecule has 26 heavy (non-hydrogen) atoms. The summed E-state index contributed by atoms with van der Waals surface area (Å²) < 4.78 is 12.8. The van der Waals surface area contributed by atoms with Crippen LogP contribution in [0.5, 0.6) is 0 Å². The van der Waals surface area contributed by atoms with Gasteiger partial charge in [-0.15, -0.1) is 0 Å². The van der Waals surface area contributed by atoms with Crippen molar-refractivity contribution in [2.75, 3.05) is 6.61 Å². The van der Waals surface area contributed by atoms with E-state index in [0.717, 1.165) is 6.42 Å². The minimum atomic E-state index is -0.659. The molecule has 1 aliphatic carbocycles. The molecule has 2 fully saturated rings. The van der Waals surface area contributed by atoms with E-state index in [2.05, 4.69) is 5.10 Å². The van der Waals surface area contributed by atoms with Gasteiger partial charge in [-0.3, -0.25) is 4.79 Å². The maximum atomic E-state index is 12.7. The number of amides is 1. The summed E-state index contributed by atoms with van der Waals surface area (Å²) in [7, 11) is 0. The summed E-state index contributed by atoms with van der Waals surface area (Å²) in [5.41, 5.74) is 6.07. The predicted molar refractivity (Wildman–Crippen MR) is 92.9 cm³/mol. The molecule has 0 spiro atoms. The number of hydrogen-bond acceptors (Lipinski definition) is 5. The van der Waals surface area contributed by atoms with E-state index in [1.54, 1.807) is 12.1 Å². The Kier molecular flexibility index (Phi) is 3.84. The number of carbonyl (C=O) groups is 2. The monoisotopic (exact) mass is 355 g/mol. The van der Waals surface area contributed by atoms with Gasteiger partial charge in [-0.1, -0.05) is 32.0 Å². The van der Waals surface area contributed by atoms with Gasteiger partial charge >= 0.3 is 5.97 Å². The molecule has 4 rings (SSSR count). The van der Waals surface area contributed by atoms with Crippen LogP contribution in [0, 0.1) is 11.3 Å². The van der Waals surface area contributed by atoms with Crippen molar-refractivity contribution in [3.8, 4) is 5.69 Å². The quantitative estimate of drug-likeness (QED) is 0.846. The number of para-hydroxylation sites is 1. The first kappa shape index (κ1) is 16.8. The van der Waals surface area contributed by atoms with E-state index < -0.39 is 11.9 Å². The summed E-state index contributed by atoms with van der Waals surface area (Å²) in [6.45, 7) is 4.77. The Balaban J connectivity index is 1.60. The van der Waals surface area contributed by atoms with Crippen LogP contribution in [-0.4, -0.2) is 40.5 Å². The molecule has 1 aliphatic heterocycles.